The minimum absolute atomic E-state index is 0.00240. The number of carbonyl (C=O) groups excluding carboxylic acids is 1. The molecule has 0 saturated carbocycles. The second kappa shape index (κ2) is 8.64. The van der Waals surface area contributed by atoms with Crippen LogP contribution in [0.5, 0.6) is 11.5 Å². The average Bonchev–Trinajstić information content (AvgIpc) is 2.54. The van der Waals surface area contributed by atoms with Crippen LogP contribution in [0.25, 0.3) is 6.08 Å². The van der Waals surface area contributed by atoms with Gasteiger partial charge in [-0.25, -0.2) is 0 Å². The SMILES string of the molecule is C=CCc1cc(/C=C(\C#N)C(=O)N[C@@H](C)CC)cc(OC)c1O. The summed E-state index contributed by atoms with van der Waals surface area (Å²) in [6.45, 7) is 7.47. The minimum atomic E-state index is -0.417. The first kappa shape index (κ1) is 18.3. The number of rotatable bonds is 7. The molecule has 0 spiro atoms. The van der Waals surface area contributed by atoms with Crippen LogP contribution >= 0.6 is 0 Å². The number of methoxy groups -OCH3 is 1. The first-order valence-corrected chi connectivity index (χ1v) is 7.40. The maximum Gasteiger partial charge on any atom is 0.262 e. The van der Waals surface area contributed by atoms with Crippen molar-refractivity contribution in [1.82, 2.24) is 5.32 Å². The van der Waals surface area contributed by atoms with E-state index >= 15 is 0 Å². The lowest BCUT2D eigenvalue weighted by Gasteiger charge is -2.11. The first-order valence-electron chi connectivity index (χ1n) is 7.40. The summed E-state index contributed by atoms with van der Waals surface area (Å²) in [5.41, 5.74) is 1.22. The highest BCUT2D eigenvalue weighted by Gasteiger charge is 2.13. The number of nitrogens with one attached hydrogen (secondary N) is 1. The van der Waals surface area contributed by atoms with Crippen molar-refractivity contribution in [3.05, 3.63) is 41.5 Å². The normalized spacial score (nSPS) is 12.2. The zero-order valence-electron chi connectivity index (χ0n) is 13.7. The lowest BCUT2D eigenvalue weighted by Crippen LogP contribution is -2.32. The van der Waals surface area contributed by atoms with Gasteiger partial charge >= 0.3 is 0 Å². The highest BCUT2D eigenvalue weighted by atomic mass is 16.5. The molecule has 0 unspecified atom stereocenters. The Hall–Kier alpha value is -2.74. The van der Waals surface area contributed by atoms with Crippen molar-refractivity contribution in [2.75, 3.05) is 7.11 Å². The van der Waals surface area contributed by atoms with Crippen molar-refractivity contribution in [1.29, 1.82) is 5.26 Å². The van der Waals surface area contributed by atoms with Gasteiger partial charge < -0.3 is 15.2 Å². The molecule has 0 saturated heterocycles. The molecule has 23 heavy (non-hydrogen) atoms. The molecule has 0 aliphatic heterocycles. The summed E-state index contributed by atoms with van der Waals surface area (Å²) >= 11 is 0. The van der Waals surface area contributed by atoms with Gasteiger partial charge in [0.15, 0.2) is 11.5 Å². The third kappa shape index (κ3) is 4.89. The molecule has 2 N–H and O–H groups in total. The summed E-state index contributed by atoms with van der Waals surface area (Å²) in [4.78, 5) is 12.1. The molecule has 122 valence electrons. The summed E-state index contributed by atoms with van der Waals surface area (Å²) in [7, 11) is 1.45. The molecule has 0 aliphatic carbocycles. The first-order chi connectivity index (χ1) is 11.0. The number of phenols is 1. The van der Waals surface area contributed by atoms with E-state index in [9.17, 15) is 15.2 Å². The summed E-state index contributed by atoms with van der Waals surface area (Å²) in [6, 6.07) is 5.18. The fourth-order valence-electron chi connectivity index (χ4n) is 1.96. The topological polar surface area (TPSA) is 82.4 Å². The van der Waals surface area contributed by atoms with Crippen LogP contribution < -0.4 is 10.1 Å². The van der Waals surface area contributed by atoms with Gasteiger partial charge in [-0.05, 0) is 43.5 Å². The van der Waals surface area contributed by atoms with E-state index in [-0.39, 0.29) is 23.1 Å². The van der Waals surface area contributed by atoms with Crippen molar-refractivity contribution in [2.24, 2.45) is 0 Å². The van der Waals surface area contributed by atoms with Gasteiger partial charge in [-0.3, -0.25) is 4.79 Å². The quantitative estimate of drug-likeness (QED) is 0.460. The summed E-state index contributed by atoms with van der Waals surface area (Å²) in [5, 5.41) is 22.0. The number of carbonyl (C=O) groups is 1. The Kier molecular flexibility index (Phi) is 6.88. The molecule has 5 heteroatoms. The van der Waals surface area contributed by atoms with Crippen LogP contribution in [0.1, 0.15) is 31.4 Å². The number of phenolic OH excluding ortho intramolecular Hbond substituents is 1. The maximum atomic E-state index is 12.1. The van der Waals surface area contributed by atoms with E-state index in [1.807, 2.05) is 19.9 Å². The largest absolute Gasteiger partial charge is 0.504 e. The molecule has 0 fully saturated rings. The number of ether oxygens (including phenoxy) is 1. The number of allylic oxidation sites excluding steroid dienone is 1. The van der Waals surface area contributed by atoms with Gasteiger partial charge in [0.25, 0.3) is 5.91 Å². The van der Waals surface area contributed by atoms with Gasteiger partial charge in [0.05, 0.1) is 7.11 Å². The maximum absolute atomic E-state index is 12.1. The third-order valence-corrected chi connectivity index (χ3v) is 3.43. The van der Waals surface area contributed by atoms with Crippen molar-refractivity contribution >= 4 is 12.0 Å². The molecular formula is C18H22N2O3. The van der Waals surface area contributed by atoms with Gasteiger partial charge in [0, 0.05) is 11.6 Å². The highest BCUT2D eigenvalue weighted by Crippen LogP contribution is 2.32. The monoisotopic (exact) mass is 314 g/mol. The third-order valence-electron chi connectivity index (χ3n) is 3.43. The number of benzene rings is 1. The Labute approximate surface area is 136 Å². The highest BCUT2D eigenvalue weighted by molar-refractivity contribution is 6.01. The van der Waals surface area contributed by atoms with Crippen LogP contribution in [0.4, 0.5) is 0 Å². The smallest absolute Gasteiger partial charge is 0.262 e. The molecule has 0 heterocycles. The van der Waals surface area contributed by atoms with Crippen molar-refractivity contribution in [2.45, 2.75) is 32.7 Å². The Balaban J connectivity index is 3.22. The van der Waals surface area contributed by atoms with Crippen molar-refractivity contribution < 1.29 is 14.6 Å². The Morgan fingerprint density at radius 1 is 1.57 bits per heavy atom. The number of nitriles is 1. The van der Waals surface area contributed by atoms with E-state index in [1.165, 1.54) is 13.2 Å². The van der Waals surface area contributed by atoms with E-state index in [0.717, 1.165) is 6.42 Å². The second-order valence-electron chi connectivity index (χ2n) is 5.18. The second-order valence-corrected chi connectivity index (χ2v) is 5.18. The predicted octanol–water partition coefficient (Wildman–Crippen LogP) is 2.95. The number of amides is 1. The molecule has 1 aromatic rings. The Bertz CT molecular complexity index is 657. The van der Waals surface area contributed by atoms with Crippen LogP contribution in [0.2, 0.25) is 0 Å². The van der Waals surface area contributed by atoms with Crippen LogP contribution in [0, 0.1) is 11.3 Å². The lowest BCUT2D eigenvalue weighted by molar-refractivity contribution is -0.117. The van der Waals surface area contributed by atoms with Gasteiger partial charge in [-0.2, -0.15) is 5.26 Å². The van der Waals surface area contributed by atoms with Gasteiger partial charge in [-0.15, -0.1) is 6.58 Å². The Morgan fingerprint density at radius 2 is 2.26 bits per heavy atom. The molecule has 0 bridgehead atoms. The van der Waals surface area contributed by atoms with E-state index in [1.54, 1.807) is 18.2 Å². The molecule has 1 aromatic carbocycles. The van der Waals surface area contributed by atoms with E-state index in [2.05, 4.69) is 11.9 Å². The number of nitrogens with zero attached hydrogens (tertiary/aromatic N) is 1. The number of hydrogen-bond acceptors (Lipinski definition) is 4. The summed E-state index contributed by atoms with van der Waals surface area (Å²) in [6.07, 6.45) is 4.36. The molecule has 0 aromatic heterocycles. The fraction of sp³-hybridized carbons (Fsp3) is 0.333. The van der Waals surface area contributed by atoms with E-state index < -0.39 is 5.91 Å². The average molecular weight is 314 g/mol. The number of aromatic hydroxyl groups is 1. The van der Waals surface area contributed by atoms with Crippen LogP contribution in [0.15, 0.2) is 30.4 Å². The molecule has 0 aliphatic rings. The molecule has 1 amide bonds. The van der Waals surface area contributed by atoms with Crippen LogP contribution in [-0.2, 0) is 11.2 Å². The zero-order chi connectivity index (χ0) is 17.4. The molecule has 1 atom stereocenters. The minimum Gasteiger partial charge on any atom is -0.504 e. The fourth-order valence-corrected chi connectivity index (χ4v) is 1.96. The summed E-state index contributed by atoms with van der Waals surface area (Å²) in [5.74, 6) is -0.0958. The van der Waals surface area contributed by atoms with Crippen LogP contribution in [0.3, 0.4) is 0 Å². The molecule has 5 nitrogen and oxygen atoms in total. The molecular weight excluding hydrogens is 292 g/mol. The van der Waals surface area contributed by atoms with E-state index in [4.69, 9.17) is 4.74 Å². The predicted molar refractivity (Wildman–Crippen MR) is 90.0 cm³/mol. The lowest BCUT2D eigenvalue weighted by atomic mass is 10.0. The molecule has 0 radical (unpaired) electrons. The Morgan fingerprint density at radius 3 is 2.78 bits per heavy atom. The number of hydrogen-bond donors (Lipinski definition) is 2. The molecule has 1 rings (SSSR count). The zero-order valence-corrected chi connectivity index (χ0v) is 13.7. The van der Waals surface area contributed by atoms with Gasteiger partial charge in [-0.1, -0.05) is 13.0 Å². The van der Waals surface area contributed by atoms with E-state index in [0.29, 0.717) is 17.5 Å². The standard InChI is InChI=1S/C18H22N2O3/c1-5-7-14-8-13(10-16(23-4)17(14)21)9-15(11-19)18(22)20-12(3)6-2/h5,8-10,12,21H,1,6-7H2,2-4H3,(H,20,22)/b15-9+/t12-/m0/s1. The van der Waals surface area contributed by atoms with Gasteiger partial charge in [0.1, 0.15) is 11.6 Å². The van der Waals surface area contributed by atoms with Crippen LogP contribution in [-0.4, -0.2) is 24.2 Å². The summed E-state index contributed by atoms with van der Waals surface area (Å²) < 4.78 is 5.13. The van der Waals surface area contributed by atoms with Crippen molar-refractivity contribution in [3.8, 4) is 17.6 Å². The van der Waals surface area contributed by atoms with Crippen molar-refractivity contribution in [3.63, 3.8) is 0 Å². The van der Waals surface area contributed by atoms with Gasteiger partial charge in [0.2, 0.25) is 0 Å².